The third-order valence-electron chi connectivity index (χ3n) is 6.73. The van der Waals surface area contributed by atoms with Gasteiger partial charge >= 0.3 is 0 Å². The molecule has 0 atom stereocenters. The third-order valence-corrected chi connectivity index (χ3v) is 11.8. The summed E-state index contributed by atoms with van der Waals surface area (Å²) in [6.45, 7) is 9.45. The minimum Gasteiger partial charge on any atom is -0.235 e. The zero-order valence-electron chi connectivity index (χ0n) is 15.4. The molecule has 2 fully saturated rings. The van der Waals surface area contributed by atoms with Crippen LogP contribution in [0, 0.1) is 0 Å². The molecule has 1 aromatic rings. The Morgan fingerprint density at radius 2 is 1.52 bits per heavy atom. The van der Waals surface area contributed by atoms with E-state index in [1.54, 1.807) is 5.56 Å². The highest BCUT2D eigenvalue weighted by Gasteiger charge is 2.40. The van der Waals surface area contributed by atoms with Crippen molar-refractivity contribution in [2.75, 3.05) is 17.8 Å². The summed E-state index contributed by atoms with van der Waals surface area (Å²) in [5, 5.41) is 0. The van der Waals surface area contributed by atoms with Crippen LogP contribution in [0.1, 0.15) is 75.8 Å². The molecule has 0 nitrogen and oxygen atoms in total. The van der Waals surface area contributed by atoms with E-state index in [0.29, 0.717) is 0 Å². The first kappa shape index (κ1) is 17.1. The maximum Gasteiger partial charge on any atom is 0.0194 e. The molecule has 1 aliphatic heterocycles. The van der Waals surface area contributed by atoms with Crippen LogP contribution in [0.15, 0.2) is 30.8 Å². The molecule has 0 spiro atoms. The SMILES string of the molecule is C=C(c1ccc(C2CCCCC2)cc1)C(C)(C)S1(C)CCCC1. The van der Waals surface area contributed by atoms with Crippen molar-refractivity contribution in [1.29, 1.82) is 0 Å². The van der Waals surface area contributed by atoms with Crippen LogP contribution in [0.5, 0.6) is 0 Å². The molecule has 0 aromatic heterocycles. The highest BCUT2D eigenvalue weighted by molar-refractivity contribution is 8.34. The van der Waals surface area contributed by atoms with Crippen molar-refractivity contribution in [3.63, 3.8) is 0 Å². The second-order valence-corrected chi connectivity index (χ2v) is 12.7. The summed E-state index contributed by atoms with van der Waals surface area (Å²) in [6, 6.07) is 9.48. The lowest BCUT2D eigenvalue weighted by Gasteiger charge is -2.48. The Morgan fingerprint density at radius 3 is 2.09 bits per heavy atom. The molecule has 1 aliphatic carbocycles. The zero-order valence-corrected chi connectivity index (χ0v) is 16.2. The number of hydrogen-bond donors (Lipinski definition) is 0. The van der Waals surface area contributed by atoms with Gasteiger partial charge < -0.3 is 0 Å². The Morgan fingerprint density at radius 1 is 0.957 bits per heavy atom. The number of benzene rings is 1. The van der Waals surface area contributed by atoms with E-state index in [2.05, 4.69) is 50.9 Å². The van der Waals surface area contributed by atoms with Crippen molar-refractivity contribution in [3.05, 3.63) is 42.0 Å². The molecule has 0 amide bonds. The van der Waals surface area contributed by atoms with Crippen molar-refractivity contribution in [2.24, 2.45) is 0 Å². The van der Waals surface area contributed by atoms with E-state index in [1.165, 1.54) is 67.6 Å². The van der Waals surface area contributed by atoms with Crippen LogP contribution in [-0.2, 0) is 0 Å². The molecule has 1 aromatic carbocycles. The van der Waals surface area contributed by atoms with Crippen molar-refractivity contribution in [2.45, 2.75) is 69.5 Å². The first-order valence-corrected chi connectivity index (χ1v) is 11.8. The van der Waals surface area contributed by atoms with Gasteiger partial charge in [-0.15, -0.1) is 0 Å². The molecule has 0 N–H and O–H groups in total. The van der Waals surface area contributed by atoms with Crippen LogP contribution >= 0.6 is 10.0 Å². The minimum atomic E-state index is -0.560. The number of hydrogen-bond acceptors (Lipinski definition) is 0. The fourth-order valence-corrected chi connectivity index (χ4v) is 8.11. The molecule has 23 heavy (non-hydrogen) atoms. The van der Waals surface area contributed by atoms with Gasteiger partial charge in [-0.25, -0.2) is 10.0 Å². The monoisotopic (exact) mass is 330 g/mol. The molecule has 0 bridgehead atoms. The van der Waals surface area contributed by atoms with Crippen molar-refractivity contribution in [1.82, 2.24) is 0 Å². The lowest BCUT2D eigenvalue weighted by atomic mass is 9.83. The molecule has 2 aliphatic rings. The average molecular weight is 331 g/mol. The van der Waals surface area contributed by atoms with E-state index in [-0.39, 0.29) is 4.75 Å². The van der Waals surface area contributed by atoms with E-state index in [0.717, 1.165) is 5.92 Å². The Balaban J connectivity index is 1.77. The van der Waals surface area contributed by atoms with Crippen LogP contribution < -0.4 is 0 Å². The van der Waals surface area contributed by atoms with E-state index < -0.39 is 10.0 Å². The Kier molecular flexibility index (Phi) is 4.97. The van der Waals surface area contributed by atoms with Gasteiger partial charge in [-0.2, -0.15) is 0 Å². The summed E-state index contributed by atoms with van der Waals surface area (Å²) < 4.78 is 0.260. The van der Waals surface area contributed by atoms with Gasteiger partial charge in [-0.1, -0.05) is 50.1 Å². The van der Waals surface area contributed by atoms with Crippen LogP contribution in [0.3, 0.4) is 0 Å². The molecule has 1 saturated carbocycles. The van der Waals surface area contributed by atoms with Gasteiger partial charge in [0.05, 0.1) is 0 Å². The summed E-state index contributed by atoms with van der Waals surface area (Å²) in [7, 11) is -0.560. The molecule has 0 unspecified atom stereocenters. The summed E-state index contributed by atoms with van der Waals surface area (Å²) in [6.07, 6.45) is 12.4. The quantitative estimate of drug-likeness (QED) is 0.572. The maximum atomic E-state index is 4.55. The van der Waals surface area contributed by atoms with E-state index in [1.807, 2.05) is 0 Å². The normalized spacial score (nSPS) is 23.6. The van der Waals surface area contributed by atoms with Crippen LogP contribution in [0.25, 0.3) is 5.57 Å². The largest absolute Gasteiger partial charge is 0.235 e. The Bertz CT molecular complexity index is 540. The first-order valence-electron chi connectivity index (χ1n) is 9.47. The Labute approximate surface area is 145 Å². The standard InChI is InChI=1S/C22H34S/c1-18(22(2,3)23(4)16-8-9-17-23)19-12-14-21(15-13-19)20-10-6-5-7-11-20/h12-15,20H,1,5-11,16-17H2,2-4H3. The Hall–Kier alpha value is -0.690. The molecule has 1 heteroatoms. The lowest BCUT2D eigenvalue weighted by Crippen LogP contribution is -2.30. The van der Waals surface area contributed by atoms with E-state index >= 15 is 0 Å². The van der Waals surface area contributed by atoms with Gasteiger partial charge in [0.15, 0.2) is 0 Å². The molecule has 1 saturated heterocycles. The minimum absolute atomic E-state index is 0.260. The average Bonchev–Trinajstić information content (AvgIpc) is 3.04. The number of rotatable bonds is 4. The molecular weight excluding hydrogens is 296 g/mol. The highest BCUT2D eigenvalue weighted by Crippen LogP contribution is 2.64. The van der Waals surface area contributed by atoms with Crippen molar-refractivity contribution >= 4 is 15.6 Å². The summed E-state index contributed by atoms with van der Waals surface area (Å²) in [4.78, 5) is 0. The van der Waals surface area contributed by atoms with E-state index in [9.17, 15) is 0 Å². The zero-order chi connectivity index (χ0) is 16.5. The molecule has 1 heterocycles. The smallest absolute Gasteiger partial charge is 0.0194 e. The van der Waals surface area contributed by atoms with Crippen LogP contribution in [-0.4, -0.2) is 22.5 Å². The first-order chi connectivity index (χ1) is 10.9. The van der Waals surface area contributed by atoms with Gasteiger partial charge in [0.25, 0.3) is 0 Å². The predicted octanol–water partition coefficient (Wildman–Crippen LogP) is 6.75. The van der Waals surface area contributed by atoms with Gasteiger partial charge in [-0.3, -0.25) is 0 Å². The second kappa shape index (κ2) is 6.67. The second-order valence-electron chi connectivity index (χ2n) is 8.34. The lowest BCUT2D eigenvalue weighted by molar-refractivity contribution is 0.443. The third kappa shape index (κ3) is 3.27. The fourth-order valence-electron chi connectivity index (χ4n) is 4.49. The molecule has 0 radical (unpaired) electrons. The topological polar surface area (TPSA) is 0 Å². The maximum absolute atomic E-state index is 4.55. The van der Waals surface area contributed by atoms with Gasteiger partial charge in [0, 0.05) is 4.75 Å². The van der Waals surface area contributed by atoms with Gasteiger partial charge in [0.1, 0.15) is 0 Å². The fraction of sp³-hybridized carbons (Fsp3) is 0.636. The van der Waals surface area contributed by atoms with Crippen molar-refractivity contribution < 1.29 is 0 Å². The van der Waals surface area contributed by atoms with Crippen LogP contribution in [0.4, 0.5) is 0 Å². The summed E-state index contributed by atoms with van der Waals surface area (Å²) >= 11 is 0. The van der Waals surface area contributed by atoms with Crippen molar-refractivity contribution in [3.8, 4) is 0 Å². The highest BCUT2D eigenvalue weighted by atomic mass is 32.3. The molecule has 3 rings (SSSR count). The van der Waals surface area contributed by atoms with Gasteiger partial charge in [-0.05, 0) is 79.9 Å². The van der Waals surface area contributed by atoms with E-state index in [4.69, 9.17) is 0 Å². The van der Waals surface area contributed by atoms with Crippen LogP contribution in [0.2, 0.25) is 0 Å². The summed E-state index contributed by atoms with van der Waals surface area (Å²) in [5.41, 5.74) is 4.29. The predicted molar refractivity (Wildman–Crippen MR) is 108 cm³/mol. The molecular formula is C22H34S. The van der Waals surface area contributed by atoms with Gasteiger partial charge in [0.2, 0.25) is 0 Å². The summed E-state index contributed by atoms with van der Waals surface area (Å²) in [5.74, 6) is 3.66. The molecule has 128 valence electrons.